The van der Waals surface area contributed by atoms with Gasteiger partial charge in [0.05, 0.1) is 24.0 Å². The average Bonchev–Trinajstić information content (AvgIpc) is 3.17. The molecule has 1 fully saturated rings. The molecular formula is C20H27N5O2. The number of fused-ring (bicyclic) bond motifs is 1. The van der Waals surface area contributed by atoms with Crippen LogP contribution in [-0.2, 0) is 13.1 Å². The Kier molecular flexibility index (Phi) is 5.22. The number of hydrogen-bond donors (Lipinski definition) is 1. The predicted molar refractivity (Wildman–Crippen MR) is 101 cm³/mol. The Bertz CT molecular complexity index is 783. The molecule has 1 atom stereocenters. The molecule has 1 N–H and O–H groups in total. The Labute approximate surface area is 159 Å². The van der Waals surface area contributed by atoms with Crippen LogP contribution >= 0.6 is 0 Å². The molecule has 2 aromatic rings. The maximum absolute atomic E-state index is 12.6. The Balaban J connectivity index is 1.35. The maximum atomic E-state index is 12.6. The third-order valence-corrected chi connectivity index (χ3v) is 5.73. The molecule has 7 heteroatoms. The number of aromatic nitrogens is 3. The van der Waals surface area contributed by atoms with Crippen molar-refractivity contribution >= 4 is 5.91 Å². The first-order chi connectivity index (χ1) is 13.2. The van der Waals surface area contributed by atoms with E-state index in [-0.39, 0.29) is 5.91 Å². The lowest BCUT2D eigenvalue weighted by molar-refractivity contribution is 0.0564. The molecule has 0 spiro atoms. The van der Waals surface area contributed by atoms with Gasteiger partial charge in [-0.3, -0.25) is 19.4 Å². The lowest BCUT2D eigenvalue weighted by atomic mass is 10.0. The number of aliphatic hydroxyl groups excluding tert-OH is 1. The molecule has 0 aromatic carbocycles. The molecule has 2 aliphatic heterocycles. The predicted octanol–water partition coefficient (Wildman–Crippen LogP) is 1.84. The molecule has 7 nitrogen and oxygen atoms in total. The van der Waals surface area contributed by atoms with Gasteiger partial charge in [-0.1, -0.05) is 13.0 Å². The number of aliphatic hydroxyl groups is 1. The molecule has 1 saturated heterocycles. The molecule has 2 aliphatic rings. The number of carbonyl (C=O) groups excluding carboxylic acids is 1. The first kappa shape index (κ1) is 18.1. The molecule has 0 aliphatic carbocycles. The highest BCUT2D eigenvalue weighted by atomic mass is 16.3. The number of pyridine rings is 1. The quantitative estimate of drug-likeness (QED) is 0.890. The largest absolute Gasteiger partial charge is 0.387 e. The summed E-state index contributed by atoms with van der Waals surface area (Å²) < 4.78 is 2.03. The zero-order chi connectivity index (χ0) is 18.8. The van der Waals surface area contributed by atoms with Crippen molar-refractivity contribution in [2.75, 3.05) is 19.6 Å². The second-order valence-corrected chi connectivity index (χ2v) is 7.42. The fraction of sp³-hybridized carbons (Fsp3) is 0.550. The standard InChI is InChI=1S/C20H27N5O2/c1-2-19(26)18-13-16-14-24(11-12-25(16)22-18)15-6-9-23(10-7-15)20(27)17-5-3-4-8-21-17/h3-5,8,13,15,19,26H,2,6-7,9-12,14H2,1H3. The zero-order valence-electron chi connectivity index (χ0n) is 15.8. The lowest BCUT2D eigenvalue weighted by Crippen LogP contribution is -2.48. The fourth-order valence-electron chi connectivity index (χ4n) is 4.08. The van der Waals surface area contributed by atoms with E-state index < -0.39 is 6.10 Å². The first-order valence-corrected chi connectivity index (χ1v) is 9.84. The highest BCUT2D eigenvalue weighted by molar-refractivity contribution is 5.92. The zero-order valence-corrected chi connectivity index (χ0v) is 15.8. The summed E-state index contributed by atoms with van der Waals surface area (Å²) in [7, 11) is 0. The Morgan fingerprint density at radius 2 is 2.07 bits per heavy atom. The van der Waals surface area contributed by atoms with Crippen LogP contribution in [-0.4, -0.2) is 61.3 Å². The smallest absolute Gasteiger partial charge is 0.272 e. The topological polar surface area (TPSA) is 74.5 Å². The van der Waals surface area contributed by atoms with Crippen molar-refractivity contribution in [1.82, 2.24) is 24.6 Å². The normalized spacial score (nSPS) is 19.7. The number of rotatable bonds is 4. The van der Waals surface area contributed by atoms with Gasteiger partial charge in [0.2, 0.25) is 0 Å². The van der Waals surface area contributed by atoms with Gasteiger partial charge in [0.25, 0.3) is 5.91 Å². The molecule has 0 radical (unpaired) electrons. The number of likely N-dealkylation sites (tertiary alicyclic amines) is 1. The van der Waals surface area contributed by atoms with E-state index in [1.165, 1.54) is 5.69 Å². The minimum atomic E-state index is -0.475. The van der Waals surface area contributed by atoms with Gasteiger partial charge < -0.3 is 10.0 Å². The van der Waals surface area contributed by atoms with Crippen molar-refractivity contribution in [2.45, 2.75) is 51.4 Å². The third kappa shape index (κ3) is 3.75. The van der Waals surface area contributed by atoms with Crippen molar-refractivity contribution in [3.8, 4) is 0 Å². The first-order valence-electron chi connectivity index (χ1n) is 9.84. The molecule has 1 unspecified atom stereocenters. The van der Waals surface area contributed by atoms with Gasteiger partial charge in [-0.25, -0.2) is 0 Å². The number of amides is 1. The van der Waals surface area contributed by atoms with Crippen LogP contribution in [0.4, 0.5) is 0 Å². The minimum Gasteiger partial charge on any atom is -0.387 e. The highest BCUT2D eigenvalue weighted by Gasteiger charge is 2.30. The van der Waals surface area contributed by atoms with Crippen LogP contribution in [0, 0.1) is 0 Å². The average molecular weight is 369 g/mol. The second-order valence-electron chi connectivity index (χ2n) is 7.42. The Morgan fingerprint density at radius 3 is 2.78 bits per heavy atom. The number of carbonyl (C=O) groups is 1. The van der Waals surface area contributed by atoms with Crippen molar-refractivity contribution in [1.29, 1.82) is 0 Å². The van der Waals surface area contributed by atoms with Crippen LogP contribution in [0.2, 0.25) is 0 Å². The van der Waals surface area contributed by atoms with E-state index in [1.807, 2.05) is 34.7 Å². The maximum Gasteiger partial charge on any atom is 0.272 e. The van der Waals surface area contributed by atoms with E-state index in [2.05, 4.69) is 15.0 Å². The summed E-state index contributed by atoms with van der Waals surface area (Å²) in [4.78, 5) is 21.2. The monoisotopic (exact) mass is 369 g/mol. The van der Waals surface area contributed by atoms with Crippen LogP contribution in [0.25, 0.3) is 0 Å². The lowest BCUT2D eigenvalue weighted by Gasteiger charge is -2.40. The van der Waals surface area contributed by atoms with Gasteiger partial charge >= 0.3 is 0 Å². The molecule has 4 heterocycles. The van der Waals surface area contributed by atoms with Crippen molar-refractivity contribution in [3.05, 3.63) is 47.5 Å². The van der Waals surface area contributed by atoms with Gasteiger partial charge in [0.15, 0.2) is 0 Å². The van der Waals surface area contributed by atoms with E-state index >= 15 is 0 Å². The summed E-state index contributed by atoms with van der Waals surface area (Å²) in [6.45, 7) is 6.21. The summed E-state index contributed by atoms with van der Waals surface area (Å²) in [5, 5.41) is 14.6. The molecule has 27 heavy (non-hydrogen) atoms. The molecule has 2 aromatic heterocycles. The molecule has 1 amide bonds. The Hall–Kier alpha value is -2.25. The van der Waals surface area contributed by atoms with Gasteiger partial charge in [-0.15, -0.1) is 0 Å². The summed E-state index contributed by atoms with van der Waals surface area (Å²) in [6.07, 6.45) is 3.84. The van der Waals surface area contributed by atoms with E-state index in [0.29, 0.717) is 18.2 Å². The summed E-state index contributed by atoms with van der Waals surface area (Å²) in [5.41, 5.74) is 2.49. The number of hydrogen-bond acceptors (Lipinski definition) is 5. The van der Waals surface area contributed by atoms with Gasteiger partial charge in [-0.05, 0) is 37.5 Å². The number of piperidine rings is 1. The summed E-state index contributed by atoms with van der Waals surface area (Å²) in [5.74, 6) is 0.0314. The second kappa shape index (κ2) is 7.78. The van der Waals surface area contributed by atoms with Crippen LogP contribution in [0.15, 0.2) is 30.5 Å². The van der Waals surface area contributed by atoms with Crippen LogP contribution < -0.4 is 0 Å². The van der Waals surface area contributed by atoms with E-state index in [4.69, 9.17) is 0 Å². The molecule has 0 bridgehead atoms. The van der Waals surface area contributed by atoms with Crippen LogP contribution in [0.3, 0.4) is 0 Å². The molecule has 144 valence electrons. The van der Waals surface area contributed by atoms with Gasteiger partial charge in [-0.2, -0.15) is 5.10 Å². The van der Waals surface area contributed by atoms with Crippen molar-refractivity contribution in [3.63, 3.8) is 0 Å². The SMILES string of the molecule is CCC(O)c1cc2n(n1)CCN(C1CCN(C(=O)c3ccccn3)CC1)C2. The van der Waals surface area contributed by atoms with Crippen LogP contribution in [0.1, 0.15) is 54.2 Å². The Morgan fingerprint density at radius 1 is 1.26 bits per heavy atom. The molecule has 4 rings (SSSR count). The van der Waals surface area contributed by atoms with E-state index in [9.17, 15) is 9.90 Å². The van der Waals surface area contributed by atoms with Gasteiger partial charge in [0, 0.05) is 38.4 Å². The summed E-state index contributed by atoms with van der Waals surface area (Å²) >= 11 is 0. The number of nitrogens with zero attached hydrogens (tertiary/aromatic N) is 5. The third-order valence-electron chi connectivity index (χ3n) is 5.73. The van der Waals surface area contributed by atoms with Crippen molar-refractivity contribution in [2.24, 2.45) is 0 Å². The summed E-state index contributed by atoms with van der Waals surface area (Å²) in [6, 6.07) is 7.99. The van der Waals surface area contributed by atoms with E-state index in [0.717, 1.165) is 51.3 Å². The van der Waals surface area contributed by atoms with E-state index in [1.54, 1.807) is 12.3 Å². The minimum absolute atomic E-state index is 0.0314. The van der Waals surface area contributed by atoms with Crippen molar-refractivity contribution < 1.29 is 9.90 Å². The fourth-order valence-corrected chi connectivity index (χ4v) is 4.08. The molecular weight excluding hydrogens is 342 g/mol. The van der Waals surface area contributed by atoms with Gasteiger partial charge in [0.1, 0.15) is 5.69 Å². The highest BCUT2D eigenvalue weighted by Crippen LogP contribution is 2.25. The molecule has 0 saturated carbocycles. The van der Waals surface area contributed by atoms with Crippen LogP contribution in [0.5, 0.6) is 0 Å².